The molecular formula is C19H17ClN2O5. The Kier molecular flexibility index (Phi) is 5.83. The van der Waals surface area contributed by atoms with Gasteiger partial charge in [-0.1, -0.05) is 11.6 Å². The number of methoxy groups -OCH3 is 1. The first-order valence-corrected chi connectivity index (χ1v) is 8.46. The number of hydrogen-bond acceptors (Lipinski definition) is 5. The lowest BCUT2D eigenvalue weighted by atomic mass is 10.0. The van der Waals surface area contributed by atoms with Crippen molar-refractivity contribution in [2.75, 3.05) is 19.0 Å². The maximum absolute atomic E-state index is 12.2. The van der Waals surface area contributed by atoms with Gasteiger partial charge in [0.1, 0.15) is 17.3 Å². The lowest BCUT2D eigenvalue weighted by Crippen LogP contribution is -2.37. The monoisotopic (exact) mass is 388 g/mol. The van der Waals surface area contributed by atoms with Crippen LogP contribution in [-0.4, -0.2) is 25.5 Å². The van der Waals surface area contributed by atoms with Crippen molar-refractivity contribution in [3.63, 3.8) is 0 Å². The Morgan fingerprint density at radius 2 is 1.74 bits per heavy atom. The summed E-state index contributed by atoms with van der Waals surface area (Å²) < 4.78 is 16.0. The number of hydrogen-bond donors (Lipinski definition) is 2. The molecule has 3 rings (SSSR count). The molecule has 0 fully saturated rings. The van der Waals surface area contributed by atoms with Crippen LogP contribution < -0.4 is 15.4 Å². The van der Waals surface area contributed by atoms with Gasteiger partial charge in [-0.3, -0.25) is 9.59 Å². The van der Waals surface area contributed by atoms with E-state index in [-0.39, 0.29) is 12.5 Å². The first-order chi connectivity index (χ1) is 13.1. The largest absolute Gasteiger partial charge is 0.495 e. The van der Waals surface area contributed by atoms with Crippen molar-refractivity contribution in [1.82, 2.24) is 5.32 Å². The summed E-state index contributed by atoms with van der Waals surface area (Å²) in [5.41, 5.74) is 0.304. The maximum Gasteiger partial charge on any atom is 0.313 e. The molecule has 0 unspecified atom stereocenters. The molecule has 0 atom stereocenters. The van der Waals surface area contributed by atoms with Crippen LogP contribution >= 0.6 is 11.6 Å². The number of amides is 2. The fourth-order valence-corrected chi connectivity index (χ4v) is 2.72. The molecule has 0 bridgehead atoms. The SMILES string of the molecule is COc1ccc(Cl)cc1NC(=O)C(=O)NCC(c1ccco1)c1ccco1. The number of carbonyl (C=O) groups is 2. The second-order valence-electron chi connectivity index (χ2n) is 5.59. The van der Waals surface area contributed by atoms with Gasteiger partial charge in [-0.2, -0.15) is 0 Å². The number of nitrogens with one attached hydrogen (secondary N) is 2. The maximum atomic E-state index is 12.2. The van der Waals surface area contributed by atoms with E-state index >= 15 is 0 Å². The number of rotatable bonds is 6. The highest BCUT2D eigenvalue weighted by Crippen LogP contribution is 2.28. The van der Waals surface area contributed by atoms with Crippen LogP contribution in [-0.2, 0) is 9.59 Å². The summed E-state index contributed by atoms with van der Waals surface area (Å²) >= 11 is 5.93. The van der Waals surface area contributed by atoms with Gasteiger partial charge in [0, 0.05) is 11.6 Å². The lowest BCUT2D eigenvalue weighted by molar-refractivity contribution is -0.136. The van der Waals surface area contributed by atoms with E-state index in [9.17, 15) is 9.59 Å². The molecule has 8 heteroatoms. The summed E-state index contributed by atoms with van der Waals surface area (Å²) in [6.07, 6.45) is 3.07. The predicted octanol–water partition coefficient (Wildman–Crippen LogP) is 3.42. The number of carbonyl (C=O) groups excluding carboxylic acids is 2. The zero-order valence-corrected chi connectivity index (χ0v) is 15.2. The van der Waals surface area contributed by atoms with E-state index in [1.54, 1.807) is 36.4 Å². The first kappa shape index (κ1) is 18.6. The number of benzene rings is 1. The number of halogens is 1. The van der Waals surface area contributed by atoms with Crippen LogP contribution in [0.15, 0.2) is 63.8 Å². The second-order valence-corrected chi connectivity index (χ2v) is 6.03. The normalized spacial score (nSPS) is 10.6. The molecule has 0 spiro atoms. The van der Waals surface area contributed by atoms with Crippen LogP contribution in [0.3, 0.4) is 0 Å². The van der Waals surface area contributed by atoms with Crippen molar-refractivity contribution in [3.8, 4) is 5.75 Å². The van der Waals surface area contributed by atoms with Crippen LogP contribution in [0.4, 0.5) is 5.69 Å². The average Bonchev–Trinajstić information content (AvgIpc) is 3.36. The third-order valence-corrected chi connectivity index (χ3v) is 4.09. The van der Waals surface area contributed by atoms with Crippen molar-refractivity contribution >= 4 is 29.1 Å². The van der Waals surface area contributed by atoms with E-state index in [0.29, 0.717) is 28.0 Å². The van der Waals surface area contributed by atoms with Crippen LogP contribution in [0.25, 0.3) is 0 Å². The highest BCUT2D eigenvalue weighted by molar-refractivity contribution is 6.40. The minimum atomic E-state index is -0.840. The Balaban J connectivity index is 1.66. The predicted molar refractivity (Wildman–Crippen MR) is 98.9 cm³/mol. The van der Waals surface area contributed by atoms with Crippen LogP contribution in [0.1, 0.15) is 17.4 Å². The summed E-state index contributed by atoms with van der Waals surface area (Å²) in [5, 5.41) is 5.48. The summed E-state index contributed by atoms with van der Waals surface area (Å²) in [6, 6.07) is 11.7. The molecule has 7 nitrogen and oxygen atoms in total. The Bertz CT molecular complexity index is 872. The van der Waals surface area contributed by atoms with E-state index in [1.807, 2.05) is 0 Å². The highest BCUT2D eigenvalue weighted by atomic mass is 35.5. The molecule has 0 saturated carbocycles. The standard InChI is InChI=1S/C19H17ClN2O5/c1-25-17-7-6-12(20)10-14(17)22-19(24)18(23)21-11-13(15-4-2-8-26-15)16-5-3-9-27-16/h2-10,13H,11H2,1H3,(H,21,23)(H,22,24). The zero-order valence-electron chi connectivity index (χ0n) is 14.4. The quantitative estimate of drug-likeness (QED) is 0.631. The van der Waals surface area contributed by atoms with Crippen LogP contribution in [0, 0.1) is 0 Å². The molecule has 0 aliphatic heterocycles. The summed E-state index contributed by atoms with van der Waals surface area (Å²) in [6.45, 7) is 0.125. The minimum absolute atomic E-state index is 0.125. The molecule has 2 aromatic heterocycles. The van der Waals surface area contributed by atoms with E-state index in [2.05, 4.69) is 10.6 Å². The van der Waals surface area contributed by atoms with Gasteiger partial charge in [0.05, 0.1) is 31.2 Å². The third kappa shape index (κ3) is 4.51. The van der Waals surface area contributed by atoms with Gasteiger partial charge in [-0.15, -0.1) is 0 Å². The first-order valence-electron chi connectivity index (χ1n) is 8.08. The van der Waals surface area contributed by atoms with Crippen molar-refractivity contribution < 1.29 is 23.2 Å². The molecule has 3 aromatic rings. The molecule has 1 aromatic carbocycles. The minimum Gasteiger partial charge on any atom is -0.495 e. The fraction of sp³-hybridized carbons (Fsp3) is 0.158. The Morgan fingerprint density at radius 3 is 2.30 bits per heavy atom. The zero-order chi connectivity index (χ0) is 19.2. The molecule has 2 heterocycles. The lowest BCUT2D eigenvalue weighted by Gasteiger charge is -2.14. The van der Waals surface area contributed by atoms with E-state index < -0.39 is 11.8 Å². The molecule has 0 saturated heterocycles. The number of anilines is 1. The Hall–Kier alpha value is -3.19. The van der Waals surface area contributed by atoms with Gasteiger partial charge in [0.2, 0.25) is 0 Å². The molecule has 0 aliphatic rings. The number of ether oxygens (including phenoxy) is 1. The van der Waals surface area contributed by atoms with Gasteiger partial charge < -0.3 is 24.2 Å². The van der Waals surface area contributed by atoms with E-state index in [4.69, 9.17) is 25.2 Å². The Labute approximate surface area is 160 Å². The van der Waals surface area contributed by atoms with Crippen molar-refractivity contribution in [1.29, 1.82) is 0 Å². The van der Waals surface area contributed by atoms with Crippen molar-refractivity contribution in [3.05, 3.63) is 71.5 Å². The summed E-state index contributed by atoms with van der Waals surface area (Å²) in [5.74, 6) is -0.380. The third-order valence-electron chi connectivity index (χ3n) is 3.86. The fourth-order valence-electron chi connectivity index (χ4n) is 2.55. The summed E-state index contributed by atoms with van der Waals surface area (Å²) in [4.78, 5) is 24.4. The van der Waals surface area contributed by atoms with Crippen LogP contribution in [0.5, 0.6) is 5.75 Å². The smallest absolute Gasteiger partial charge is 0.313 e. The van der Waals surface area contributed by atoms with Gasteiger partial charge in [-0.05, 0) is 42.5 Å². The van der Waals surface area contributed by atoms with Crippen molar-refractivity contribution in [2.24, 2.45) is 0 Å². The molecule has 2 N–H and O–H groups in total. The topological polar surface area (TPSA) is 93.7 Å². The highest BCUT2D eigenvalue weighted by Gasteiger charge is 2.23. The molecule has 0 radical (unpaired) electrons. The van der Waals surface area contributed by atoms with Gasteiger partial charge in [0.25, 0.3) is 0 Å². The van der Waals surface area contributed by atoms with Crippen LogP contribution in [0.2, 0.25) is 5.02 Å². The molecule has 140 valence electrons. The summed E-state index contributed by atoms with van der Waals surface area (Å²) in [7, 11) is 1.45. The van der Waals surface area contributed by atoms with Gasteiger partial charge in [0.15, 0.2) is 0 Å². The molecule has 2 amide bonds. The van der Waals surface area contributed by atoms with Gasteiger partial charge in [-0.25, -0.2) is 0 Å². The van der Waals surface area contributed by atoms with E-state index in [1.165, 1.54) is 25.7 Å². The van der Waals surface area contributed by atoms with Gasteiger partial charge >= 0.3 is 11.8 Å². The molecule has 27 heavy (non-hydrogen) atoms. The Morgan fingerprint density at radius 1 is 1.07 bits per heavy atom. The van der Waals surface area contributed by atoms with E-state index in [0.717, 1.165) is 0 Å². The molecule has 0 aliphatic carbocycles. The second kappa shape index (κ2) is 8.46. The number of furan rings is 2. The molecular weight excluding hydrogens is 372 g/mol. The average molecular weight is 389 g/mol. The van der Waals surface area contributed by atoms with Crippen molar-refractivity contribution in [2.45, 2.75) is 5.92 Å².